The molecule has 4 atom stereocenters. The first-order valence-corrected chi connectivity index (χ1v) is 23.4. The molecule has 0 saturated carbocycles. The van der Waals surface area contributed by atoms with Crippen LogP contribution < -0.4 is 21.8 Å². The molecule has 16 nitrogen and oxygen atoms in total. The van der Waals surface area contributed by atoms with Crippen LogP contribution in [0, 0.1) is 5.41 Å². The summed E-state index contributed by atoms with van der Waals surface area (Å²) in [5, 5.41) is 23.1. The summed E-state index contributed by atoms with van der Waals surface area (Å²) < 4.78 is 8.03. The molecule has 3 aromatic carbocycles. The molecule has 3 N–H and O–H groups in total. The van der Waals surface area contributed by atoms with Crippen LogP contribution >= 0.6 is 11.8 Å². The number of anilines is 2. The van der Waals surface area contributed by atoms with Crippen molar-refractivity contribution >= 4 is 57.3 Å². The van der Waals surface area contributed by atoms with Gasteiger partial charge in [0.25, 0.3) is 17.0 Å². The van der Waals surface area contributed by atoms with Crippen LogP contribution in [0.15, 0.2) is 148 Å². The van der Waals surface area contributed by atoms with Crippen LogP contribution in [0.5, 0.6) is 0 Å². The van der Waals surface area contributed by atoms with Gasteiger partial charge in [-0.15, -0.1) is 0 Å². The molecule has 360 valence electrons. The van der Waals surface area contributed by atoms with E-state index in [0.717, 1.165) is 11.8 Å². The van der Waals surface area contributed by atoms with Gasteiger partial charge >= 0.3 is 0 Å². The largest absolute Gasteiger partial charge is 0.378 e. The van der Waals surface area contributed by atoms with E-state index < -0.39 is 0 Å². The number of aromatic nitrogens is 6. The average Bonchev–Trinajstić information content (AvgIpc) is 3.36. The number of hydrogen-bond donors (Lipinski definition) is 3. The van der Waals surface area contributed by atoms with E-state index in [1.54, 1.807) is 62.5 Å². The van der Waals surface area contributed by atoms with Crippen LogP contribution in [0.3, 0.4) is 0 Å². The Bertz CT molecular complexity index is 2930. The third kappa shape index (κ3) is 12.9. The summed E-state index contributed by atoms with van der Waals surface area (Å²) in [5.74, 6) is 1.20. The van der Waals surface area contributed by atoms with Crippen molar-refractivity contribution in [3.8, 4) is 0 Å². The van der Waals surface area contributed by atoms with E-state index in [0.29, 0.717) is 65.3 Å². The number of ether oxygens (including phenoxy) is 1. The molecule has 17 heteroatoms. The monoisotopic (exact) mass is 950 g/mol. The van der Waals surface area contributed by atoms with Crippen LogP contribution in [0.25, 0.3) is 21.8 Å². The fourth-order valence-electron chi connectivity index (χ4n) is 8.35. The van der Waals surface area contributed by atoms with Crippen LogP contribution in [-0.2, 0) is 18.8 Å². The molecular weight excluding hydrogens is 889 g/mol. The topological polar surface area (TPSA) is 179 Å². The van der Waals surface area contributed by atoms with Crippen molar-refractivity contribution in [2.75, 3.05) is 65.1 Å². The minimum Gasteiger partial charge on any atom is -0.378 e. The van der Waals surface area contributed by atoms with E-state index in [1.165, 1.54) is 30.8 Å². The van der Waals surface area contributed by atoms with Crippen molar-refractivity contribution in [1.29, 1.82) is 5.41 Å². The summed E-state index contributed by atoms with van der Waals surface area (Å²) in [7, 11) is 11.5. The molecule has 1 aliphatic heterocycles. The van der Waals surface area contributed by atoms with Gasteiger partial charge in [-0.2, -0.15) is 10.2 Å². The van der Waals surface area contributed by atoms with E-state index in [2.05, 4.69) is 124 Å². The van der Waals surface area contributed by atoms with Crippen molar-refractivity contribution in [2.24, 2.45) is 14.1 Å². The van der Waals surface area contributed by atoms with Crippen LogP contribution in [0.4, 0.5) is 11.6 Å². The Balaban J connectivity index is 0.000000211. The average molecular weight is 951 g/mol. The van der Waals surface area contributed by atoms with Crippen LogP contribution in [0.2, 0.25) is 0 Å². The number of carbonyl (C=O) groups is 1. The maximum absolute atomic E-state index is 12.8. The number of fused-ring (bicyclic) bond motifs is 2. The number of likely N-dealkylation sites (N-methyl/N-ethyl adjacent to an activating group) is 2. The van der Waals surface area contributed by atoms with Gasteiger partial charge in [0, 0.05) is 73.2 Å². The molecule has 5 heterocycles. The molecule has 1 saturated heterocycles. The molecule has 0 aliphatic carbocycles. The number of allylic oxidation sites excluding steroid dienone is 1. The smallest absolute Gasteiger partial charge is 0.276 e. The van der Waals surface area contributed by atoms with Crippen molar-refractivity contribution in [2.45, 2.75) is 47.8 Å². The zero-order valence-corrected chi connectivity index (χ0v) is 41.4. The third-order valence-corrected chi connectivity index (χ3v) is 12.5. The number of nitrogens with zero attached hydrogens (tertiary/aromatic N) is 9. The van der Waals surface area contributed by atoms with Crippen LogP contribution in [0.1, 0.15) is 47.4 Å². The van der Waals surface area contributed by atoms with Gasteiger partial charge in [-0.25, -0.2) is 9.36 Å². The molecule has 7 aromatic rings. The zero-order valence-electron chi connectivity index (χ0n) is 40.5. The highest BCUT2D eigenvalue weighted by Gasteiger charge is 2.26. The highest BCUT2D eigenvalue weighted by Crippen LogP contribution is 2.32. The summed E-state index contributed by atoms with van der Waals surface area (Å²) >= 11 is 1.75. The Morgan fingerprint density at radius 1 is 0.696 bits per heavy atom. The molecule has 0 spiro atoms. The van der Waals surface area contributed by atoms with Crippen molar-refractivity contribution in [3.05, 3.63) is 166 Å². The number of aryl methyl sites for hydroxylation is 2. The van der Waals surface area contributed by atoms with Gasteiger partial charge < -0.3 is 35.5 Å². The molecule has 8 rings (SSSR count). The summed E-state index contributed by atoms with van der Waals surface area (Å²) in [4.78, 5) is 55.0. The molecule has 2 unspecified atom stereocenters. The number of rotatable bonds is 14. The molecule has 1 amide bonds. The summed E-state index contributed by atoms with van der Waals surface area (Å²) in [6.07, 6.45) is 5.90. The number of hydrogen-bond acceptors (Lipinski definition) is 14. The zero-order chi connectivity index (χ0) is 49.6. The predicted molar refractivity (Wildman–Crippen MR) is 278 cm³/mol. The van der Waals surface area contributed by atoms with Crippen molar-refractivity contribution in [3.63, 3.8) is 0 Å². The summed E-state index contributed by atoms with van der Waals surface area (Å²) in [5.41, 5.74) is 3.76. The molecule has 69 heavy (non-hydrogen) atoms. The lowest BCUT2D eigenvalue weighted by atomic mass is 9.97. The highest BCUT2D eigenvalue weighted by atomic mass is 32.2. The van der Waals surface area contributed by atoms with Gasteiger partial charge in [-0.1, -0.05) is 66.9 Å². The Kier molecular flexibility index (Phi) is 18.1. The minimum atomic E-state index is -0.180. The molecule has 4 aromatic heterocycles. The molecule has 0 radical (unpaired) electrons. The Morgan fingerprint density at radius 2 is 1.13 bits per heavy atom. The standard InChI is InChI=1S/C25H27N5OS.C24H30N6O3.C3H5N/c1-17(27-24-22-21(11-8-16-26-22)25(31)30(4)28-24)23(29(2)3)18-12-14-20(15-13-18)32-19-9-6-5-7-10-19;1-16(26-22-20-19(6-5-11-25-20)24(32)29(4)27-22)21(28(2)3)17-7-9-18(10-8-17)23(31)30-12-14-33-15-13-30;1-2-3-4/h5-17,23H,1-4H3,(H,27,28);5-11,16,21H,12-15H2,1-4H3,(H,26,27);2-4H,1H2/t17?,23-;16-,21?;/m00./s1. The second-order valence-electron chi connectivity index (χ2n) is 16.9. The maximum Gasteiger partial charge on any atom is 0.276 e. The Hall–Kier alpha value is -7.05. The maximum atomic E-state index is 12.8. The SMILES string of the molecule is C=CC=N.CC(Nc1nn(C)c(=O)c2cccnc12)[C@@H](c1ccc(Sc2ccccc2)cc1)N(C)C.C[C@H](Nc1nn(C)c(=O)c2cccnc12)C(c1ccc(C(=O)N2CCOCC2)cc1)N(C)C. The molecular formula is C52H62N12O4S. The Labute approximate surface area is 407 Å². The lowest BCUT2D eigenvalue weighted by molar-refractivity contribution is 0.0303. The summed E-state index contributed by atoms with van der Waals surface area (Å²) in [6, 6.07) is 34.0. The predicted octanol–water partition coefficient (Wildman–Crippen LogP) is 7.31. The molecule has 1 fully saturated rings. The van der Waals surface area contributed by atoms with E-state index in [1.807, 2.05) is 49.3 Å². The normalized spacial score (nSPS) is 14.1. The van der Waals surface area contributed by atoms with Crippen molar-refractivity contribution in [1.82, 2.24) is 44.2 Å². The lowest BCUT2D eigenvalue weighted by Gasteiger charge is -2.32. The molecule has 1 aliphatic rings. The number of pyridine rings is 2. The number of benzene rings is 3. The number of nitrogens with one attached hydrogen (secondary N) is 3. The highest BCUT2D eigenvalue weighted by molar-refractivity contribution is 7.99. The van der Waals surface area contributed by atoms with Gasteiger partial charge in [0.1, 0.15) is 11.0 Å². The first-order chi connectivity index (χ1) is 33.2. The number of morpholine rings is 1. The fraction of sp³-hybridized carbons (Fsp3) is 0.308. The van der Waals surface area contributed by atoms with E-state index in [-0.39, 0.29) is 41.2 Å². The van der Waals surface area contributed by atoms with E-state index >= 15 is 0 Å². The van der Waals surface area contributed by atoms with E-state index in [9.17, 15) is 14.4 Å². The third-order valence-electron chi connectivity index (χ3n) is 11.5. The van der Waals surface area contributed by atoms with Gasteiger partial charge in [-0.3, -0.25) is 24.4 Å². The lowest BCUT2D eigenvalue weighted by Crippen LogP contribution is -2.40. The van der Waals surface area contributed by atoms with Crippen molar-refractivity contribution < 1.29 is 9.53 Å². The first kappa shape index (κ1) is 51.3. The molecule has 0 bridgehead atoms. The van der Waals surface area contributed by atoms with E-state index in [4.69, 9.17) is 10.1 Å². The van der Waals surface area contributed by atoms with Gasteiger partial charge in [-0.05, 0) is 114 Å². The Morgan fingerprint density at radius 3 is 1.57 bits per heavy atom. The first-order valence-electron chi connectivity index (χ1n) is 22.6. The second kappa shape index (κ2) is 24.3. The number of carbonyl (C=O) groups excluding carboxylic acids is 1. The fourth-order valence-corrected chi connectivity index (χ4v) is 9.19. The second-order valence-corrected chi connectivity index (χ2v) is 18.1. The quantitative estimate of drug-likeness (QED) is 0.0926. The van der Waals surface area contributed by atoms with Crippen LogP contribution in [-0.4, -0.2) is 123 Å². The van der Waals surface area contributed by atoms with Gasteiger partial charge in [0.15, 0.2) is 11.6 Å². The number of amides is 1. The summed E-state index contributed by atoms with van der Waals surface area (Å²) in [6.45, 7) is 9.83. The van der Waals surface area contributed by atoms with Gasteiger partial charge in [0.05, 0.1) is 36.1 Å². The van der Waals surface area contributed by atoms with Gasteiger partial charge in [0.2, 0.25) is 0 Å². The minimum absolute atomic E-state index is 0.00432.